The van der Waals surface area contributed by atoms with E-state index in [0.717, 1.165) is 21.8 Å². The second-order valence-electron chi connectivity index (χ2n) is 4.78. The fourth-order valence-corrected chi connectivity index (χ4v) is 3.39. The third-order valence-corrected chi connectivity index (χ3v) is 4.35. The van der Waals surface area contributed by atoms with Gasteiger partial charge in [-0.2, -0.15) is 5.26 Å². The summed E-state index contributed by atoms with van der Waals surface area (Å²) >= 11 is 6.80. The molecule has 0 aliphatic carbocycles. The number of para-hydroxylation sites is 1. The molecule has 0 atom stereocenters. The van der Waals surface area contributed by atoms with Crippen LogP contribution in [-0.4, -0.2) is 5.11 Å². The summed E-state index contributed by atoms with van der Waals surface area (Å²) in [5.74, 6) is 0. The van der Waals surface area contributed by atoms with E-state index >= 15 is 0 Å². The van der Waals surface area contributed by atoms with Crippen LogP contribution in [0.4, 0.5) is 10.7 Å². The minimum atomic E-state index is 0.467. The van der Waals surface area contributed by atoms with Gasteiger partial charge in [0, 0.05) is 16.6 Å². The normalized spacial score (nSPS) is 9.87. The van der Waals surface area contributed by atoms with Gasteiger partial charge in [0.2, 0.25) is 0 Å². The first kappa shape index (κ1) is 15.2. The number of anilines is 2. The highest BCUT2D eigenvalue weighted by Gasteiger charge is 2.13. The van der Waals surface area contributed by atoms with E-state index in [1.165, 1.54) is 11.3 Å². The molecule has 0 fully saturated rings. The lowest BCUT2D eigenvalue weighted by Crippen LogP contribution is -2.18. The summed E-state index contributed by atoms with van der Waals surface area (Å²) < 4.78 is 0. The number of nitriles is 1. The molecule has 0 bridgehead atoms. The second-order valence-corrected chi connectivity index (χ2v) is 6.06. The zero-order chi connectivity index (χ0) is 16.1. The van der Waals surface area contributed by atoms with Crippen LogP contribution in [0.25, 0.3) is 11.1 Å². The van der Waals surface area contributed by atoms with Gasteiger partial charge in [0.1, 0.15) is 11.1 Å². The van der Waals surface area contributed by atoms with Crippen molar-refractivity contribution in [2.24, 2.45) is 0 Å². The Morgan fingerprint density at radius 2 is 1.61 bits per heavy atom. The van der Waals surface area contributed by atoms with Crippen molar-refractivity contribution in [2.45, 2.75) is 0 Å². The molecule has 3 nitrogen and oxygen atoms in total. The molecule has 0 aliphatic rings. The zero-order valence-electron chi connectivity index (χ0n) is 12.1. The Labute approximate surface area is 144 Å². The zero-order valence-corrected chi connectivity index (χ0v) is 13.7. The number of hydrogen-bond acceptors (Lipinski definition) is 3. The van der Waals surface area contributed by atoms with Gasteiger partial charge in [0.05, 0.1) is 5.56 Å². The van der Waals surface area contributed by atoms with Crippen LogP contribution in [0, 0.1) is 11.3 Å². The van der Waals surface area contributed by atoms with Crippen molar-refractivity contribution in [3.05, 3.63) is 71.6 Å². The number of rotatable bonds is 3. The fourth-order valence-electron chi connectivity index (χ4n) is 2.18. The monoisotopic (exact) mass is 335 g/mol. The molecule has 0 unspecified atom stereocenters. The first-order chi connectivity index (χ1) is 11.3. The standard InChI is InChI=1S/C18H13N3S2/c19-11-15-16(13-7-3-1-4-8-13)12-23-17(15)21-18(22)20-14-9-5-2-6-10-14/h1-10,12H,(H2,20,21,22). The van der Waals surface area contributed by atoms with Crippen LogP contribution in [-0.2, 0) is 0 Å². The number of nitrogens with one attached hydrogen (secondary N) is 2. The van der Waals surface area contributed by atoms with Gasteiger partial charge in [-0.15, -0.1) is 11.3 Å². The summed E-state index contributed by atoms with van der Waals surface area (Å²) in [5.41, 5.74) is 3.46. The lowest BCUT2D eigenvalue weighted by Gasteiger charge is -2.09. The molecule has 5 heteroatoms. The largest absolute Gasteiger partial charge is 0.332 e. The van der Waals surface area contributed by atoms with E-state index in [0.29, 0.717) is 10.7 Å². The Morgan fingerprint density at radius 1 is 0.957 bits per heavy atom. The Kier molecular flexibility index (Phi) is 4.67. The maximum atomic E-state index is 9.51. The van der Waals surface area contributed by atoms with Gasteiger partial charge in [-0.1, -0.05) is 48.5 Å². The summed E-state index contributed by atoms with van der Waals surface area (Å²) in [4.78, 5) is 0. The van der Waals surface area contributed by atoms with E-state index < -0.39 is 0 Å². The second kappa shape index (κ2) is 7.05. The Morgan fingerprint density at radius 3 is 2.26 bits per heavy atom. The van der Waals surface area contributed by atoms with E-state index in [4.69, 9.17) is 12.2 Å². The fraction of sp³-hybridized carbons (Fsp3) is 0. The summed E-state index contributed by atoms with van der Waals surface area (Å²) in [7, 11) is 0. The molecular formula is C18H13N3S2. The van der Waals surface area contributed by atoms with Crippen molar-refractivity contribution in [1.29, 1.82) is 5.26 Å². The first-order valence-electron chi connectivity index (χ1n) is 6.98. The van der Waals surface area contributed by atoms with E-state index in [1.807, 2.05) is 66.0 Å². The molecule has 3 rings (SSSR count). The molecule has 0 amide bonds. The van der Waals surface area contributed by atoms with Crippen molar-refractivity contribution < 1.29 is 0 Å². The maximum absolute atomic E-state index is 9.51. The maximum Gasteiger partial charge on any atom is 0.175 e. The average Bonchev–Trinajstić information content (AvgIpc) is 2.99. The number of benzene rings is 2. The molecule has 0 radical (unpaired) electrons. The summed E-state index contributed by atoms with van der Waals surface area (Å²) in [6.07, 6.45) is 0. The average molecular weight is 335 g/mol. The van der Waals surface area contributed by atoms with Gasteiger partial charge in [-0.25, -0.2) is 0 Å². The predicted octanol–water partition coefficient (Wildman–Crippen LogP) is 5.10. The Bertz CT molecular complexity index is 849. The molecule has 3 aromatic rings. The molecule has 0 spiro atoms. The smallest absolute Gasteiger partial charge is 0.175 e. The molecule has 0 aliphatic heterocycles. The van der Waals surface area contributed by atoms with Crippen LogP contribution in [0.1, 0.15) is 5.56 Å². The minimum absolute atomic E-state index is 0.467. The first-order valence-corrected chi connectivity index (χ1v) is 8.27. The van der Waals surface area contributed by atoms with Crippen LogP contribution >= 0.6 is 23.6 Å². The van der Waals surface area contributed by atoms with Gasteiger partial charge < -0.3 is 10.6 Å². The number of thiocarbonyl (C=S) groups is 1. The van der Waals surface area contributed by atoms with Crippen molar-refractivity contribution in [1.82, 2.24) is 0 Å². The molecule has 0 saturated carbocycles. The lowest BCUT2D eigenvalue weighted by atomic mass is 10.1. The minimum Gasteiger partial charge on any atom is -0.332 e. The quantitative estimate of drug-likeness (QED) is 0.654. The van der Waals surface area contributed by atoms with Crippen molar-refractivity contribution >= 4 is 39.4 Å². The highest BCUT2D eigenvalue weighted by molar-refractivity contribution is 7.80. The molecule has 2 aromatic carbocycles. The third kappa shape index (κ3) is 3.57. The third-order valence-electron chi connectivity index (χ3n) is 3.25. The van der Waals surface area contributed by atoms with E-state index in [1.54, 1.807) is 0 Å². The molecule has 112 valence electrons. The molecule has 1 heterocycles. The van der Waals surface area contributed by atoms with Gasteiger partial charge in [0.15, 0.2) is 5.11 Å². The van der Waals surface area contributed by atoms with Gasteiger partial charge in [-0.05, 0) is 29.9 Å². The topological polar surface area (TPSA) is 47.9 Å². The summed E-state index contributed by atoms with van der Waals surface area (Å²) in [6.45, 7) is 0. The summed E-state index contributed by atoms with van der Waals surface area (Å²) in [6, 6.07) is 21.8. The molecular weight excluding hydrogens is 322 g/mol. The number of nitrogens with zero attached hydrogens (tertiary/aromatic N) is 1. The van der Waals surface area contributed by atoms with Gasteiger partial charge in [0.25, 0.3) is 0 Å². The predicted molar refractivity (Wildman–Crippen MR) is 101 cm³/mol. The van der Waals surface area contributed by atoms with Gasteiger partial charge >= 0.3 is 0 Å². The van der Waals surface area contributed by atoms with E-state index in [9.17, 15) is 5.26 Å². The number of thiophene rings is 1. The van der Waals surface area contributed by atoms with E-state index in [2.05, 4.69) is 16.7 Å². The Balaban J connectivity index is 1.80. The van der Waals surface area contributed by atoms with Crippen molar-refractivity contribution in [3.8, 4) is 17.2 Å². The van der Waals surface area contributed by atoms with Gasteiger partial charge in [-0.3, -0.25) is 0 Å². The van der Waals surface area contributed by atoms with Crippen LogP contribution in [0.5, 0.6) is 0 Å². The molecule has 1 aromatic heterocycles. The highest BCUT2D eigenvalue weighted by Crippen LogP contribution is 2.34. The highest BCUT2D eigenvalue weighted by atomic mass is 32.1. The van der Waals surface area contributed by atoms with E-state index in [-0.39, 0.29) is 0 Å². The van der Waals surface area contributed by atoms with Crippen LogP contribution in [0.15, 0.2) is 66.0 Å². The Hall–Kier alpha value is -2.68. The summed E-state index contributed by atoms with van der Waals surface area (Å²) in [5, 5.41) is 18.9. The molecule has 0 saturated heterocycles. The lowest BCUT2D eigenvalue weighted by molar-refractivity contribution is 1.50. The van der Waals surface area contributed by atoms with Crippen LogP contribution in [0.2, 0.25) is 0 Å². The van der Waals surface area contributed by atoms with Crippen molar-refractivity contribution in [2.75, 3.05) is 10.6 Å². The molecule has 23 heavy (non-hydrogen) atoms. The SMILES string of the molecule is N#Cc1c(-c2ccccc2)csc1NC(=S)Nc1ccccc1. The number of hydrogen-bond donors (Lipinski definition) is 2. The van der Waals surface area contributed by atoms with Crippen molar-refractivity contribution in [3.63, 3.8) is 0 Å². The van der Waals surface area contributed by atoms with Crippen LogP contribution < -0.4 is 10.6 Å². The van der Waals surface area contributed by atoms with Crippen LogP contribution in [0.3, 0.4) is 0 Å². The molecule has 2 N–H and O–H groups in total.